The number of benzene rings is 1. The zero-order valence-electron chi connectivity index (χ0n) is 15.8. The van der Waals surface area contributed by atoms with Gasteiger partial charge in [0.2, 0.25) is 11.8 Å². The summed E-state index contributed by atoms with van der Waals surface area (Å²) in [4.78, 5) is 25.9. The van der Waals surface area contributed by atoms with Crippen molar-refractivity contribution in [1.29, 1.82) is 0 Å². The van der Waals surface area contributed by atoms with E-state index in [-0.39, 0.29) is 24.9 Å². The number of amides is 2. The summed E-state index contributed by atoms with van der Waals surface area (Å²) in [6.45, 7) is 8.12. The maximum absolute atomic E-state index is 12.1. The van der Waals surface area contributed by atoms with Crippen LogP contribution < -0.4 is 20.3 Å². The first-order valence-electron chi connectivity index (χ1n) is 9.39. The van der Waals surface area contributed by atoms with Gasteiger partial charge in [-0.3, -0.25) is 9.59 Å². The third kappa shape index (κ3) is 7.17. The second-order valence-electron chi connectivity index (χ2n) is 6.56. The van der Waals surface area contributed by atoms with Crippen LogP contribution in [0.4, 0.5) is 5.69 Å². The first-order chi connectivity index (χ1) is 13.1. The highest BCUT2D eigenvalue weighted by Gasteiger charge is 2.18. The summed E-state index contributed by atoms with van der Waals surface area (Å²) in [6.07, 6.45) is 8.16. The Morgan fingerprint density at radius 2 is 1.52 bits per heavy atom. The molecular formula is C21H29N3O3. The van der Waals surface area contributed by atoms with Crippen molar-refractivity contribution in [2.75, 3.05) is 31.1 Å². The quantitative estimate of drug-likeness (QED) is 0.586. The Labute approximate surface area is 161 Å². The van der Waals surface area contributed by atoms with E-state index in [1.165, 1.54) is 12.8 Å². The van der Waals surface area contributed by atoms with Crippen LogP contribution in [0.1, 0.15) is 25.7 Å². The van der Waals surface area contributed by atoms with Gasteiger partial charge < -0.3 is 20.3 Å². The van der Waals surface area contributed by atoms with E-state index in [1.807, 2.05) is 24.3 Å². The fraction of sp³-hybridized carbons (Fsp3) is 0.429. The van der Waals surface area contributed by atoms with Crippen LogP contribution in [0.2, 0.25) is 0 Å². The first kappa shape index (κ1) is 20.6. The molecule has 1 saturated carbocycles. The van der Waals surface area contributed by atoms with Crippen molar-refractivity contribution in [3.63, 3.8) is 0 Å². The molecule has 0 radical (unpaired) electrons. The third-order valence-corrected chi connectivity index (χ3v) is 4.36. The van der Waals surface area contributed by atoms with Gasteiger partial charge in [-0.25, -0.2) is 0 Å². The van der Waals surface area contributed by atoms with Crippen molar-refractivity contribution < 1.29 is 14.3 Å². The van der Waals surface area contributed by atoms with E-state index in [9.17, 15) is 9.59 Å². The maximum Gasteiger partial charge on any atom is 0.239 e. The van der Waals surface area contributed by atoms with Gasteiger partial charge in [0.15, 0.2) is 0 Å². The first-order valence-corrected chi connectivity index (χ1v) is 9.39. The van der Waals surface area contributed by atoms with E-state index in [4.69, 9.17) is 4.74 Å². The number of anilines is 1. The van der Waals surface area contributed by atoms with Gasteiger partial charge in [-0.1, -0.05) is 12.2 Å². The second kappa shape index (κ2) is 11.1. The minimum atomic E-state index is -0.169. The Bertz CT molecular complexity index is 611. The summed E-state index contributed by atoms with van der Waals surface area (Å²) in [6, 6.07) is 7.55. The molecule has 6 heteroatoms. The molecule has 0 heterocycles. The largest absolute Gasteiger partial charge is 0.490 e. The van der Waals surface area contributed by atoms with Crippen LogP contribution in [-0.4, -0.2) is 44.1 Å². The average Bonchev–Trinajstić information content (AvgIpc) is 3.18. The third-order valence-electron chi connectivity index (χ3n) is 4.36. The molecule has 2 rings (SSSR count). The van der Waals surface area contributed by atoms with Crippen LogP contribution >= 0.6 is 0 Å². The number of rotatable bonds is 11. The van der Waals surface area contributed by atoms with Crippen LogP contribution in [-0.2, 0) is 9.59 Å². The molecule has 0 atom stereocenters. The molecule has 146 valence electrons. The highest BCUT2D eigenvalue weighted by Crippen LogP contribution is 2.26. The molecule has 6 nitrogen and oxygen atoms in total. The Morgan fingerprint density at radius 1 is 1.00 bits per heavy atom. The molecule has 1 aliphatic rings. The van der Waals surface area contributed by atoms with E-state index < -0.39 is 0 Å². The van der Waals surface area contributed by atoms with Crippen molar-refractivity contribution in [1.82, 2.24) is 10.6 Å². The lowest BCUT2D eigenvalue weighted by atomic mass is 10.2. The number of nitrogens with zero attached hydrogens (tertiary/aromatic N) is 1. The lowest BCUT2D eigenvalue weighted by Crippen LogP contribution is -2.43. The molecule has 0 bridgehead atoms. The van der Waals surface area contributed by atoms with Crippen molar-refractivity contribution in [2.45, 2.75) is 31.8 Å². The summed E-state index contributed by atoms with van der Waals surface area (Å²) in [7, 11) is 0. The lowest BCUT2D eigenvalue weighted by Gasteiger charge is -2.24. The normalized spacial score (nSPS) is 13.6. The predicted molar refractivity (Wildman–Crippen MR) is 108 cm³/mol. The number of carbonyl (C=O) groups is 2. The van der Waals surface area contributed by atoms with Crippen molar-refractivity contribution in [3.05, 3.63) is 49.6 Å². The van der Waals surface area contributed by atoms with Crippen LogP contribution in [0.3, 0.4) is 0 Å². The monoisotopic (exact) mass is 371 g/mol. The summed E-state index contributed by atoms with van der Waals surface area (Å²) in [5.41, 5.74) is 0.788. The fourth-order valence-electron chi connectivity index (χ4n) is 3.00. The van der Waals surface area contributed by atoms with Crippen LogP contribution in [0.15, 0.2) is 49.6 Å². The van der Waals surface area contributed by atoms with Gasteiger partial charge in [-0.2, -0.15) is 0 Å². The Kier molecular flexibility index (Phi) is 8.42. The van der Waals surface area contributed by atoms with Gasteiger partial charge in [-0.05, 0) is 49.9 Å². The Morgan fingerprint density at radius 3 is 2.00 bits per heavy atom. The van der Waals surface area contributed by atoms with Gasteiger partial charge in [0, 0.05) is 18.8 Å². The smallest absolute Gasteiger partial charge is 0.239 e. The fourth-order valence-corrected chi connectivity index (χ4v) is 3.00. The molecule has 0 saturated heterocycles. The van der Waals surface area contributed by atoms with E-state index in [0.29, 0.717) is 19.2 Å². The van der Waals surface area contributed by atoms with E-state index in [2.05, 4.69) is 23.8 Å². The Hall–Kier alpha value is -2.76. The Balaban J connectivity index is 2.03. The van der Waals surface area contributed by atoms with E-state index >= 15 is 0 Å². The number of carbonyl (C=O) groups excluding carboxylic acids is 2. The summed E-state index contributed by atoms with van der Waals surface area (Å²) >= 11 is 0. The maximum atomic E-state index is 12.1. The van der Waals surface area contributed by atoms with Gasteiger partial charge >= 0.3 is 0 Å². The average molecular weight is 371 g/mol. The summed E-state index contributed by atoms with van der Waals surface area (Å²) in [5.74, 6) is 0.480. The summed E-state index contributed by atoms with van der Waals surface area (Å²) in [5, 5.41) is 5.47. The molecule has 0 aliphatic heterocycles. The van der Waals surface area contributed by atoms with Gasteiger partial charge in [0.05, 0.1) is 19.2 Å². The van der Waals surface area contributed by atoms with E-state index in [0.717, 1.165) is 24.3 Å². The molecular weight excluding hydrogens is 342 g/mol. The van der Waals surface area contributed by atoms with Gasteiger partial charge in [0.25, 0.3) is 0 Å². The number of hydrogen-bond donors (Lipinski definition) is 2. The topological polar surface area (TPSA) is 70.7 Å². The number of nitrogens with one attached hydrogen (secondary N) is 2. The second-order valence-corrected chi connectivity index (χ2v) is 6.56. The van der Waals surface area contributed by atoms with Crippen LogP contribution in [0, 0.1) is 0 Å². The van der Waals surface area contributed by atoms with Crippen molar-refractivity contribution in [2.24, 2.45) is 0 Å². The zero-order chi connectivity index (χ0) is 19.5. The van der Waals surface area contributed by atoms with Gasteiger partial charge in [-0.15, -0.1) is 13.2 Å². The van der Waals surface area contributed by atoms with Gasteiger partial charge in [0.1, 0.15) is 5.75 Å². The molecule has 0 aromatic heterocycles. The van der Waals surface area contributed by atoms with Crippen molar-refractivity contribution >= 4 is 17.5 Å². The lowest BCUT2D eigenvalue weighted by molar-refractivity contribution is -0.120. The number of hydrogen-bond acceptors (Lipinski definition) is 4. The van der Waals surface area contributed by atoms with Crippen LogP contribution in [0.25, 0.3) is 0 Å². The van der Waals surface area contributed by atoms with E-state index in [1.54, 1.807) is 17.1 Å². The molecule has 0 spiro atoms. The molecule has 2 amide bonds. The minimum absolute atomic E-state index is 0.0815. The molecule has 0 unspecified atom stereocenters. The molecule has 27 heavy (non-hydrogen) atoms. The molecule has 1 aliphatic carbocycles. The molecule has 1 aromatic carbocycles. The summed E-state index contributed by atoms with van der Waals surface area (Å²) < 4.78 is 5.98. The minimum Gasteiger partial charge on any atom is -0.490 e. The molecule has 1 aromatic rings. The highest BCUT2D eigenvalue weighted by molar-refractivity contribution is 5.86. The zero-order valence-corrected chi connectivity index (χ0v) is 15.8. The molecule has 1 fully saturated rings. The van der Waals surface area contributed by atoms with Crippen molar-refractivity contribution in [3.8, 4) is 5.75 Å². The highest BCUT2D eigenvalue weighted by atomic mass is 16.5. The number of ether oxygens (including phenoxy) is 1. The van der Waals surface area contributed by atoms with Crippen LogP contribution in [0.5, 0.6) is 5.75 Å². The molecule has 2 N–H and O–H groups in total. The SMILES string of the molecule is C=CCNC(=O)CN(CC(=O)NCC=C)c1ccc(OC2CCCC2)cc1. The standard InChI is InChI=1S/C21H29N3O3/c1-3-13-22-20(25)15-24(16-21(26)23-14-4-2)17-9-11-19(12-10-17)27-18-7-5-6-8-18/h3-4,9-12,18H,1-2,5-8,13-16H2,(H,22,25)(H,23,26). The predicted octanol–water partition coefficient (Wildman–Crippen LogP) is 2.42.